The summed E-state index contributed by atoms with van der Waals surface area (Å²) in [5, 5.41) is 20.0. The number of amides is 2. The van der Waals surface area contributed by atoms with Gasteiger partial charge in [0.05, 0.1) is 18.2 Å². The maximum atomic E-state index is 12.4. The molecular formula is C22H25ClN6O5. The van der Waals surface area contributed by atoms with Crippen molar-refractivity contribution < 1.29 is 14.6 Å². The number of benzene rings is 1. The minimum atomic E-state index is -0.722. The Labute approximate surface area is 199 Å². The summed E-state index contributed by atoms with van der Waals surface area (Å²) in [5.74, 6) is 0. The van der Waals surface area contributed by atoms with E-state index in [1.54, 1.807) is 25.3 Å². The lowest BCUT2D eigenvalue weighted by atomic mass is 10.1. The molecule has 0 bridgehead atoms. The average molecular weight is 489 g/mol. The van der Waals surface area contributed by atoms with Gasteiger partial charge < -0.3 is 25.8 Å². The van der Waals surface area contributed by atoms with Crippen molar-refractivity contribution in [2.75, 3.05) is 25.0 Å². The van der Waals surface area contributed by atoms with E-state index in [-0.39, 0.29) is 13.0 Å². The van der Waals surface area contributed by atoms with Gasteiger partial charge in [-0.3, -0.25) is 19.3 Å². The molecule has 4 rings (SSSR count). The standard InChI is InChI=1S/C22H25ClN6O5/c1-12-10-29(22(33)28-20(12)31)19-9-17(18(11-30)34-19)27-21(32)26-7-6-25-15-4-5-24-16-8-13(23)2-3-14(15)16/h2-5,8,10,17-19,30H,6-7,9,11H2,1H3,(H,24,25)(H2,26,27,32)(H,28,31,33)/t17-,18+,19+/m0/s1. The van der Waals surface area contributed by atoms with Crippen LogP contribution >= 0.6 is 11.6 Å². The largest absolute Gasteiger partial charge is 0.394 e. The molecule has 1 aliphatic rings. The van der Waals surface area contributed by atoms with Gasteiger partial charge in [0.15, 0.2) is 0 Å². The molecule has 1 aromatic carbocycles. The van der Waals surface area contributed by atoms with Crippen LogP contribution in [0.1, 0.15) is 18.2 Å². The predicted octanol–water partition coefficient (Wildman–Crippen LogP) is 1.11. The topological polar surface area (TPSA) is 150 Å². The zero-order valence-electron chi connectivity index (χ0n) is 18.4. The lowest BCUT2D eigenvalue weighted by Gasteiger charge is -2.18. The predicted molar refractivity (Wildman–Crippen MR) is 127 cm³/mol. The van der Waals surface area contributed by atoms with Crippen molar-refractivity contribution in [2.24, 2.45) is 0 Å². The summed E-state index contributed by atoms with van der Waals surface area (Å²) in [6.07, 6.45) is 1.93. The van der Waals surface area contributed by atoms with E-state index in [1.165, 1.54) is 10.8 Å². The zero-order valence-corrected chi connectivity index (χ0v) is 19.1. The fourth-order valence-corrected chi connectivity index (χ4v) is 4.06. The monoisotopic (exact) mass is 488 g/mol. The average Bonchev–Trinajstić information content (AvgIpc) is 3.21. The molecular weight excluding hydrogens is 464 g/mol. The number of hydrogen-bond acceptors (Lipinski definition) is 7. The number of anilines is 1. The molecule has 1 fully saturated rings. The molecule has 180 valence electrons. The number of urea groups is 1. The molecule has 0 saturated carbocycles. The van der Waals surface area contributed by atoms with Gasteiger partial charge in [-0.2, -0.15) is 0 Å². The molecule has 3 heterocycles. The first-order chi connectivity index (χ1) is 16.4. The Hall–Kier alpha value is -3.41. The second kappa shape index (κ2) is 10.2. The van der Waals surface area contributed by atoms with Gasteiger partial charge in [-0.05, 0) is 31.2 Å². The van der Waals surface area contributed by atoms with E-state index in [9.17, 15) is 19.5 Å². The van der Waals surface area contributed by atoms with Crippen LogP contribution in [0.4, 0.5) is 10.5 Å². The molecule has 11 nitrogen and oxygen atoms in total. The number of carbonyl (C=O) groups excluding carboxylic acids is 1. The number of aliphatic hydroxyl groups excluding tert-OH is 1. The lowest BCUT2D eigenvalue weighted by molar-refractivity contribution is -0.0285. The number of carbonyl (C=O) groups is 1. The van der Waals surface area contributed by atoms with E-state index >= 15 is 0 Å². The zero-order chi connectivity index (χ0) is 24.2. The molecule has 34 heavy (non-hydrogen) atoms. The van der Waals surface area contributed by atoms with Crippen molar-refractivity contribution in [1.82, 2.24) is 25.2 Å². The van der Waals surface area contributed by atoms with Gasteiger partial charge in [0.25, 0.3) is 5.56 Å². The summed E-state index contributed by atoms with van der Waals surface area (Å²) in [4.78, 5) is 42.7. The first-order valence-electron chi connectivity index (χ1n) is 10.8. The highest BCUT2D eigenvalue weighted by atomic mass is 35.5. The minimum Gasteiger partial charge on any atom is -0.394 e. The maximum absolute atomic E-state index is 12.4. The summed E-state index contributed by atoms with van der Waals surface area (Å²) in [6.45, 7) is 2.05. The fourth-order valence-electron chi connectivity index (χ4n) is 3.89. The molecule has 3 atom stereocenters. The quantitative estimate of drug-likeness (QED) is 0.312. The first kappa shape index (κ1) is 23.7. The van der Waals surface area contributed by atoms with Crippen LogP contribution in [0, 0.1) is 6.92 Å². The molecule has 0 radical (unpaired) electrons. The Balaban J connectivity index is 1.30. The van der Waals surface area contributed by atoms with Crippen molar-refractivity contribution in [3.05, 3.63) is 68.1 Å². The van der Waals surface area contributed by atoms with E-state index in [2.05, 4.69) is 25.9 Å². The molecule has 12 heteroatoms. The van der Waals surface area contributed by atoms with Gasteiger partial charge in [0, 0.05) is 53.6 Å². The Kier molecular flexibility index (Phi) is 7.15. The van der Waals surface area contributed by atoms with Crippen molar-refractivity contribution in [3.63, 3.8) is 0 Å². The first-order valence-corrected chi connectivity index (χ1v) is 11.1. The van der Waals surface area contributed by atoms with E-state index in [0.717, 1.165) is 16.6 Å². The van der Waals surface area contributed by atoms with Gasteiger partial charge in [-0.15, -0.1) is 0 Å². The fraction of sp³-hybridized carbons (Fsp3) is 0.364. The minimum absolute atomic E-state index is 0.258. The number of aromatic nitrogens is 3. The van der Waals surface area contributed by atoms with Gasteiger partial charge in [0.1, 0.15) is 12.3 Å². The number of nitrogens with one attached hydrogen (secondary N) is 4. The molecule has 2 aromatic heterocycles. The van der Waals surface area contributed by atoms with E-state index in [0.29, 0.717) is 23.7 Å². The third-order valence-electron chi connectivity index (χ3n) is 5.62. The number of H-pyrrole nitrogens is 1. The highest BCUT2D eigenvalue weighted by Crippen LogP contribution is 2.27. The summed E-state index contributed by atoms with van der Waals surface area (Å²) in [7, 11) is 0. The molecule has 1 aliphatic heterocycles. The number of aromatic amines is 1. The summed E-state index contributed by atoms with van der Waals surface area (Å²) < 4.78 is 7.00. The number of hydrogen-bond donors (Lipinski definition) is 5. The highest BCUT2D eigenvalue weighted by molar-refractivity contribution is 6.31. The van der Waals surface area contributed by atoms with Crippen molar-refractivity contribution in [2.45, 2.75) is 31.7 Å². The molecule has 0 aliphatic carbocycles. The maximum Gasteiger partial charge on any atom is 0.330 e. The van der Waals surface area contributed by atoms with Crippen LogP contribution < -0.4 is 27.2 Å². The Morgan fingerprint density at radius 1 is 1.32 bits per heavy atom. The van der Waals surface area contributed by atoms with Crippen LogP contribution in [-0.2, 0) is 4.74 Å². The van der Waals surface area contributed by atoms with Crippen molar-refractivity contribution >= 4 is 34.2 Å². The molecule has 1 saturated heterocycles. The molecule has 5 N–H and O–H groups in total. The number of aryl methyl sites for hydroxylation is 1. The smallest absolute Gasteiger partial charge is 0.330 e. The number of pyridine rings is 1. The van der Waals surface area contributed by atoms with Crippen LogP contribution in [0.25, 0.3) is 10.9 Å². The number of nitrogens with zero attached hydrogens (tertiary/aromatic N) is 2. The third kappa shape index (κ3) is 5.22. The van der Waals surface area contributed by atoms with Crippen LogP contribution in [0.5, 0.6) is 0 Å². The SMILES string of the molecule is Cc1cn([C@H]2C[C@H](NC(=O)NCCNc3ccnc4cc(Cl)ccc34)[C@@H](CO)O2)c(=O)[nH]c1=O. The van der Waals surface area contributed by atoms with Crippen LogP contribution in [0.3, 0.4) is 0 Å². The molecule has 3 aromatic rings. The van der Waals surface area contributed by atoms with Gasteiger partial charge in [0.2, 0.25) is 0 Å². The Morgan fingerprint density at radius 2 is 2.15 bits per heavy atom. The van der Waals surface area contributed by atoms with E-state index in [1.807, 2.05) is 12.1 Å². The Bertz CT molecular complexity index is 1310. The Morgan fingerprint density at radius 3 is 2.94 bits per heavy atom. The summed E-state index contributed by atoms with van der Waals surface area (Å²) >= 11 is 6.02. The van der Waals surface area contributed by atoms with Crippen LogP contribution in [-0.4, -0.2) is 57.5 Å². The molecule has 2 amide bonds. The third-order valence-corrected chi connectivity index (χ3v) is 5.85. The molecule has 0 spiro atoms. The summed E-state index contributed by atoms with van der Waals surface area (Å²) in [5.41, 5.74) is 0.919. The molecule has 0 unspecified atom stereocenters. The van der Waals surface area contributed by atoms with Crippen LogP contribution in [0.15, 0.2) is 46.2 Å². The van der Waals surface area contributed by atoms with Crippen LogP contribution in [0.2, 0.25) is 5.02 Å². The number of aliphatic hydroxyl groups is 1. The lowest BCUT2D eigenvalue weighted by Crippen LogP contribution is -2.47. The summed E-state index contributed by atoms with van der Waals surface area (Å²) in [6, 6.07) is 6.36. The van der Waals surface area contributed by atoms with E-state index < -0.39 is 35.7 Å². The van der Waals surface area contributed by atoms with E-state index in [4.69, 9.17) is 16.3 Å². The second-order valence-electron chi connectivity index (χ2n) is 7.98. The number of rotatable bonds is 7. The number of ether oxygens (including phenoxy) is 1. The highest BCUT2D eigenvalue weighted by Gasteiger charge is 2.37. The number of fused-ring (bicyclic) bond motifs is 1. The second-order valence-corrected chi connectivity index (χ2v) is 8.42. The van der Waals surface area contributed by atoms with Crippen molar-refractivity contribution in [3.8, 4) is 0 Å². The van der Waals surface area contributed by atoms with Crippen molar-refractivity contribution in [1.29, 1.82) is 0 Å². The van der Waals surface area contributed by atoms with Gasteiger partial charge in [-0.1, -0.05) is 11.6 Å². The van der Waals surface area contributed by atoms with Gasteiger partial charge in [-0.25, -0.2) is 9.59 Å². The van der Waals surface area contributed by atoms with Gasteiger partial charge >= 0.3 is 11.7 Å². The number of halogens is 1. The normalized spacial score (nSPS) is 19.8.